The fraction of sp³-hybridized carbons (Fsp3) is 0.214. The average molecular weight is 580 g/mol. The average Bonchev–Trinajstić information content (AvgIpc) is 3.45. The molecule has 1 aliphatic rings. The van der Waals surface area contributed by atoms with Crippen molar-refractivity contribution >= 4 is 51.2 Å². The molecule has 3 heterocycles. The molecule has 1 fully saturated rings. The molecule has 3 N–H and O–H groups in total. The molecule has 41 heavy (non-hydrogen) atoms. The minimum atomic E-state index is -4.67. The maximum atomic E-state index is 13.8. The number of halogens is 3. The smallest absolute Gasteiger partial charge is 0.380 e. The highest BCUT2D eigenvalue weighted by atomic mass is 32.1. The van der Waals surface area contributed by atoms with Crippen molar-refractivity contribution in [3.8, 4) is 6.19 Å². The molecule has 0 atom stereocenters. The number of carbonyl (C=O) groups excluding carboxylic acids is 1. The van der Waals surface area contributed by atoms with Gasteiger partial charge in [-0.05, 0) is 47.3 Å². The van der Waals surface area contributed by atoms with E-state index >= 15 is 0 Å². The Labute approximate surface area is 237 Å². The SMILES string of the molecule is N#CN=C(Nc1cc(NC(=O)c2sccc2NCc2ccnc3ccccc23)cc(C(F)(F)F)c1)N1CCOCC1. The number of amides is 1. The quantitative estimate of drug-likeness (QED) is 0.151. The molecule has 9 nitrogen and oxygen atoms in total. The number of nitriles is 1. The van der Waals surface area contributed by atoms with Crippen molar-refractivity contribution in [1.82, 2.24) is 9.88 Å². The number of alkyl halides is 3. The number of para-hydroxylation sites is 1. The number of hydrogen-bond acceptors (Lipinski definition) is 7. The molecule has 0 unspecified atom stereocenters. The van der Waals surface area contributed by atoms with Crippen LogP contribution in [0, 0.1) is 11.5 Å². The number of hydrogen-bond donors (Lipinski definition) is 3. The second-order valence-electron chi connectivity index (χ2n) is 9.01. The number of thiophene rings is 1. The third kappa shape index (κ3) is 6.74. The summed E-state index contributed by atoms with van der Waals surface area (Å²) in [6.07, 6.45) is -1.28. The summed E-state index contributed by atoms with van der Waals surface area (Å²) >= 11 is 1.17. The van der Waals surface area contributed by atoms with Crippen LogP contribution in [-0.4, -0.2) is 48.1 Å². The highest BCUT2D eigenvalue weighted by Crippen LogP contribution is 2.34. The van der Waals surface area contributed by atoms with E-state index in [1.54, 1.807) is 28.7 Å². The van der Waals surface area contributed by atoms with Gasteiger partial charge in [-0.3, -0.25) is 9.78 Å². The lowest BCUT2D eigenvalue weighted by molar-refractivity contribution is -0.137. The van der Waals surface area contributed by atoms with Gasteiger partial charge in [0.15, 0.2) is 0 Å². The molecule has 0 radical (unpaired) electrons. The Hall–Kier alpha value is -4.67. The van der Waals surface area contributed by atoms with Crippen LogP contribution in [0.1, 0.15) is 20.8 Å². The largest absolute Gasteiger partial charge is 0.416 e. The van der Waals surface area contributed by atoms with Crippen molar-refractivity contribution in [1.29, 1.82) is 5.26 Å². The number of fused-ring (bicyclic) bond motifs is 1. The standard InChI is InChI=1S/C28H24F3N7O2S/c29-28(30,31)19-13-20(15-21(14-19)37-27(35-17-32)38-8-10-40-11-9-38)36-26(39)25-24(6-12-41-25)34-16-18-5-7-33-23-4-2-1-3-22(18)23/h1-7,12-15,34H,8-11,16H2,(H,35,37)(H,36,39). The van der Waals surface area contributed by atoms with Crippen molar-refractivity contribution < 1.29 is 22.7 Å². The van der Waals surface area contributed by atoms with Crippen molar-refractivity contribution in [3.05, 3.63) is 82.2 Å². The molecule has 1 aliphatic heterocycles. The van der Waals surface area contributed by atoms with Gasteiger partial charge in [-0.15, -0.1) is 16.3 Å². The van der Waals surface area contributed by atoms with Crippen LogP contribution in [0.15, 0.2) is 71.2 Å². The van der Waals surface area contributed by atoms with Crippen LogP contribution in [0.3, 0.4) is 0 Å². The molecule has 2 aromatic heterocycles. The molecule has 2 aromatic carbocycles. The maximum Gasteiger partial charge on any atom is 0.416 e. The third-order valence-corrected chi connectivity index (χ3v) is 7.23. The fourth-order valence-corrected chi connectivity index (χ4v) is 5.14. The van der Waals surface area contributed by atoms with Gasteiger partial charge < -0.3 is 25.6 Å². The summed E-state index contributed by atoms with van der Waals surface area (Å²) in [6, 6.07) is 14.5. The van der Waals surface area contributed by atoms with Gasteiger partial charge in [0.25, 0.3) is 5.91 Å². The Kier molecular flexibility index (Phi) is 8.32. The van der Waals surface area contributed by atoms with Crippen LogP contribution in [0.2, 0.25) is 0 Å². The van der Waals surface area contributed by atoms with E-state index in [2.05, 4.69) is 25.9 Å². The summed E-state index contributed by atoms with van der Waals surface area (Å²) in [5.74, 6) is -0.466. The number of pyridine rings is 1. The molecule has 0 saturated carbocycles. The van der Waals surface area contributed by atoms with Gasteiger partial charge in [0, 0.05) is 42.6 Å². The number of morpholine rings is 1. The van der Waals surface area contributed by atoms with Gasteiger partial charge in [0.2, 0.25) is 12.2 Å². The van der Waals surface area contributed by atoms with E-state index < -0.39 is 17.6 Å². The molecule has 4 aromatic rings. The molecule has 1 saturated heterocycles. The van der Waals surface area contributed by atoms with Crippen molar-refractivity contribution in [3.63, 3.8) is 0 Å². The molecule has 0 spiro atoms. The molecular weight excluding hydrogens is 555 g/mol. The van der Waals surface area contributed by atoms with Crippen LogP contribution in [0.4, 0.5) is 30.2 Å². The van der Waals surface area contributed by atoms with Crippen LogP contribution in [-0.2, 0) is 17.5 Å². The number of rotatable bonds is 6. The fourth-order valence-electron chi connectivity index (χ4n) is 4.38. The van der Waals surface area contributed by atoms with E-state index in [4.69, 9.17) is 10.00 Å². The first-order chi connectivity index (χ1) is 19.8. The topological polar surface area (TPSA) is 115 Å². The van der Waals surface area contributed by atoms with Gasteiger partial charge in [0.1, 0.15) is 4.88 Å². The maximum absolute atomic E-state index is 13.8. The Bertz CT molecular complexity index is 1620. The molecular formula is C28H24F3N7O2S. The van der Waals surface area contributed by atoms with Crippen LogP contribution in [0.5, 0.6) is 0 Å². The molecule has 1 amide bonds. The monoisotopic (exact) mass is 579 g/mol. The van der Waals surface area contributed by atoms with Gasteiger partial charge in [-0.25, -0.2) is 0 Å². The summed E-state index contributed by atoms with van der Waals surface area (Å²) in [5, 5.41) is 20.5. The Morgan fingerprint density at radius 2 is 1.85 bits per heavy atom. The van der Waals surface area contributed by atoms with Gasteiger partial charge in [-0.2, -0.15) is 18.4 Å². The number of aromatic nitrogens is 1. The summed E-state index contributed by atoms with van der Waals surface area (Å²) < 4.78 is 46.6. The number of nitrogens with zero attached hydrogens (tertiary/aromatic N) is 4. The van der Waals surface area contributed by atoms with Gasteiger partial charge >= 0.3 is 6.18 Å². The normalized spacial score (nSPS) is 14.0. The minimum absolute atomic E-state index is 0.0183. The summed E-state index contributed by atoms with van der Waals surface area (Å²) in [5.41, 5.74) is 1.37. The predicted octanol–water partition coefficient (Wildman–Crippen LogP) is 5.76. The second kappa shape index (κ2) is 12.2. The van der Waals surface area contributed by atoms with E-state index in [-0.39, 0.29) is 17.3 Å². The first-order valence-electron chi connectivity index (χ1n) is 12.6. The summed E-state index contributed by atoms with van der Waals surface area (Å²) in [6.45, 7) is 2.04. The van der Waals surface area contributed by atoms with Crippen LogP contribution in [0.25, 0.3) is 10.9 Å². The zero-order valence-corrected chi connectivity index (χ0v) is 22.4. The lowest BCUT2D eigenvalue weighted by Gasteiger charge is -2.29. The first kappa shape index (κ1) is 27.9. The number of carbonyl (C=O) groups is 1. The van der Waals surface area contributed by atoms with Crippen LogP contribution < -0.4 is 16.0 Å². The van der Waals surface area contributed by atoms with E-state index in [0.717, 1.165) is 28.6 Å². The zero-order valence-electron chi connectivity index (χ0n) is 21.5. The second-order valence-corrected chi connectivity index (χ2v) is 9.93. The molecule has 5 rings (SSSR count). The highest BCUT2D eigenvalue weighted by Gasteiger charge is 2.32. The lowest BCUT2D eigenvalue weighted by Crippen LogP contribution is -2.44. The van der Waals surface area contributed by atoms with Crippen molar-refractivity contribution in [2.75, 3.05) is 42.3 Å². The number of aliphatic imine (C=N–C) groups is 1. The Balaban J connectivity index is 1.35. The number of ether oxygens (including phenoxy) is 1. The van der Waals surface area contributed by atoms with Crippen LogP contribution >= 0.6 is 11.3 Å². The lowest BCUT2D eigenvalue weighted by atomic mass is 10.1. The van der Waals surface area contributed by atoms with E-state index in [9.17, 15) is 18.0 Å². The molecule has 0 aliphatic carbocycles. The van der Waals surface area contributed by atoms with E-state index in [1.807, 2.05) is 30.3 Å². The van der Waals surface area contributed by atoms with E-state index in [1.165, 1.54) is 17.4 Å². The number of nitrogens with one attached hydrogen (secondary N) is 3. The van der Waals surface area contributed by atoms with Crippen molar-refractivity contribution in [2.24, 2.45) is 4.99 Å². The Morgan fingerprint density at radius 3 is 2.61 bits per heavy atom. The first-order valence-corrected chi connectivity index (χ1v) is 13.4. The van der Waals surface area contributed by atoms with Crippen molar-refractivity contribution in [2.45, 2.75) is 12.7 Å². The molecule has 13 heteroatoms. The number of benzene rings is 2. The number of guanidine groups is 1. The Morgan fingerprint density at radius 1 is 1.10 bits per heavy atom. The van der Waals surface area contributed by atoms with Gasteiger partial charge in [0.05, 0.1) is 30.0 Å². The highest BCUT2D eigenvalue weighted by molar-refractivity contribution is 7.12. The third-order valence-electron chi connectivity index (χ3n) is 6.32. The number of anilines is 3. The molecule has 0 bridgehead atoms. The molecule has 210 valence electrons. The zero-order chi connectivity index (χ0) is 28.8. The van der Waals surface area contributed by atoms with Gasteiger partial charge in [-0.1, -0.05) is 18.2 Å². The summed E-state index contributed by atoms with van der Waals surface area (Å²) in [4.78, 5) is 23.4. The van der Waals surface area contributed by atoms with E-state index in [0.29, 0.717) is 43.4 Å². The summed E-state index contributed by atoms with van der Waals surface area (Å²) in [7, 11) is 0. The predicted molar refractivity (Wildman–Crippen MR) is 152 cm³/mol. The minimum Gasteiger partial charge on any atom is -0.380 e.